The summed E-state index contributed by atoms with van der Waals surface area (Å²) in [6, 6.07) is 2.41. The Bertz CT molecular complexity index is 479. The first kappa shape index (κ1) is 13.8. The van der Waals surface area contributed by atoms with Gasteiger partial charge in [0.25, 0.3) is 0 Å². The van der Waals surface area contributed by atoms with Crippen molar-refractivity contribution < 1.29 is 4.79 Å². The third-order valence-corrected chi connectivity index (χ3v) is 5.30. The molecule has 0 saturated heterocycles. The van der Waals surface area contributed by atoms with Gasteiger partial charge in [-0.3, -0.25) is 4.79 Å². The van der Waals surface area contributed by atoms with Gasteiger partial charge in [0.15, 0.2) is 0 Å². The summed E-state index contributed by atoms with van der Waals surface area (Å²) in [7, 11) is 0. The number of rotatable bonds is 5. The summed E-state index contributed by atoms with van der Waals surface area (Å²) < 4.78 is 0. The predicted octanol–water partition coefficient (Wildman–Crippen LogP) is 1.49. The fraction of sp³-hybridized carbons (Fsp3) is 0.643. The molecule has 0 bridgehead atoms. The Labute approximate surface area is 123 Å². The van der Waals surface area contributed by atoms with Gasteiger partial charge in [-0.2, -0.15) is 0 Å². The van der Waals surface area contributed by atoms with Gasteiger partial charge in [-0.1, -0.05) is 0 Å². The molecule has 1 amide bonds. The van der Waals surface area contributed by atoms with Crippen LogP contribution in [0.25, 0.3) is 0 Å². The van der Waals surface area contributed by atoms with E-state index in [4.69, 9.17) is 5.73 Å². The maximum atomic E-state index is 12.0. The molecular formula is C14H20N4OS. The lowest BCUT2D eigenvalue weighted by molar-refractivity contribution is -0.125. The van der Waals surface area contributed by atoms with Crippen LogP contribution in [0.5, 0.6) is 0 Å². The van der Waals surface area contributed by atoms with Crippen molar-refractivity contribution in [1.29, 1.82) is 0 Å². The summed E-state index contributed by atoms with van der Waals surface area (Å²) in [6.07, 6.45) is 9.45. The van der Waals surface area contributed by atoms with Crippen molar-refractivity contribution in [1.82, 2.24) is 15.3 Å². The van der Waals surface area contributed by atoms with Crippen molar-refractivity contribution in [2.75, 3.05) is 0 Å². The molecule has 1 aromatic heterocycles. The topological polar surface area (TPSA) is 80.9 Å². The number of amides is 1. The van der Waals surface area contributed by atoms with Crippen LogP contribution in [0.15, 0.2) is 23.6 Å². The number of hydrogen-bond donors (Lipinski definition) is 2. The highest BCUT2D eigenvalue weighted by molar-refractivity contribution is 7.99. The van der Waals surface area contributed by atoms with Crippen LogP contribution in [0, 0.1) is 0 Å². The molecule has 2 aliphatic rings. The van der Waals surface area contributed by atoms with E-state index in [9.17, 15) is 4.79 Å². The monoisotopic (exact) mass is 292 g/mol. The summed E-state index contributed by atoms with van der Waals surface area (Å²) in [6.45, 7) is 0. The van der Waals surface area contributed by atoms with Crippen LogP contribution < -0.4 is 11.1 Å². The lowest BCUT2D eigenvalue weighted by Crippen LogP contribution is -2.59. The standard InChI is InChI=1S/C14H20N4OS/c15-13(19)14(18-10-3-4-10)6-1-2-11(8-14)20-12-5-7-16-9-17-12/h5,7,9-11,18H,1-4,6,8H2,(H2,15,19). The first-order chi connectivity index (χ1) is 9.68. The molecule has 2 atom stereocenters. The van der Waals surface area contributed by atoms with Crippen LogP contribution in [-0.2, 0) is 4.79 Å². The zero-order chi connectivity index (χ0) is 14.0. The molecule has 2 aliphatic carbocycles. The Kier molecular flexibility index (Phi) is 3.94. The molecule has 2 fully saturated rings. The van der Waals surface area contributed by atoms with Crippen LogP contribution in [0.4, 0.5) is 0 Å². The maximum Gasteiger partial charge on any atom is 0.237 e. The summed E-state index contributed by atoms with van der Waals surface area (Å²) in [5.74, 6) is -0.197. The van der Waals surface area contributed by atoms with Gasteiger partial charge in [0.1, 0.15) is 6.33 Å². The minimum absolute atomic E-state index is 0.197. The zero-order valence-corrected chi connectivity index (χ0v) is 12.2. The van der Waals surface area contributed by atoms with Crippen LogP contribution in [0.1, 0.15) is 38.5 Å². The van der Waals surface area contributed by atoms with Crippen LogP contribution in [0.3, 0.4) is 0 Å². The number of nitrogens with zero attached hydrogens (tertiary/aromatic N) is 2. The number of nitrogens with two attached hydrogens (primary N) is 1. The van der Waals surface area contributed by atoms with Crippen LogP contribution in [-0.4, -0.2) is 32.7 Å². The van der Waals surface area contributed by atoms with E-state index in [1.807, 2.05) is 6.07 Å². The molecule has 0 spiro atoms. The van der Waals surface area contributed by atoms with Crippen molar-refractivity contribution in [3.8, 4) is 0 Å². The minimum atomic E-state index is -0.510. The fourth-order valence-corrected chi connectivity index (χ4v) is 4.13. The van der Waals surface area contributed by atoms with E-state index in [0.29, 0.717) is 11.3 Å². The second-order valence-corrected chi connectivity index (χ2v) is 7.07. The Morgan fingerprint density at radius 1 is 1.45 bits per heavy atom. The number of primary amides is 1. The van der Waals surface area contributed by atoms with E-state index in [2.05, 4.69) is 15.3 Å². The SMILES string of the molecule is NC(=O)C1(NC2CC2)CCCC(Sc2ccncn2)C1. The Balaban J connectivity index is 1.69. The molecule has 0 aromatic carbocycles. The summed E-state index contributed by atoms with van der Waals surface area (Å²) in [5.41, 5.74) is 5.19. The van der Waals surface area contributed by atoms with E-state index in [0.717, 1.165) is 30.7 Å². The van der Waals surface area contributed by atoms with Gasteiger partial charge in [0.2, 0.25) is 5.91 Å². The van der Waals surface area contributed by atoms with E-state index in [-0.39, 0.29) is 5.91 Å². The van der Waals surface area contributed by atoms with Crippen LogP contribution in [0.2, 0.25) is 0 Å². The van der Waals surface area contributed by atoms with E-state index >= 15 is 0 Å². The smallest absolute Gasteiger partial charge is 0.237 e. The predicted molar refractivity (Wildman–Crippen MR) is 78.2 cm³/mol. The van der Waals surface area contributed by atoms with Gasteiger partial charge in [-0.05, 0) is 44.6 Å². The lowest BCUT2D eigenvalue weighted by Gasteiger charge is -2.39. The highest BCUT2D eigenvalue weighted by Crippen LogP contribution is 2.39. The zero-order valence-electron chi connectivity index (χ0n) is 11.4. The highest BCUT2D eigenvalue weighted by atomic mass is 32.2. The van der Waals surface area contributed by atoms with Crippen molar-refractivity contribution >= 4 is 17.7 Å². The molecule has 1 heterocycles. The van der Waals surface area contributed by atoms with Gasteiger partial charge < -0.3 is 11.1 Å². The molecule has 3 rings (SSSR count). The molecule has 20 heavy (non-hydrogen) atoms. The maximum absolute atomic E-state index is 12.0. The highest BCUT2D eigenvalue weighted by Gasteiger charge is 2.44. The Morgan fingerprint density at radius 2 is 2.30 bits per heavy atom. The average molecular weight is 292 g/mol. The second kappa shape index (κ2) is 5.69. The first-order valence-electron chi connectivity index (χ1n) is 7.18. The molecule has 2 saturated carbocycles. The summed E-state index contributed by atoms with van der Waals surface area (Å²) in [4.78, 5) is 20.1. The van der Waals surface area contributed by atoms with Crippen LogP contribution >= 0.6 is 11.8 Å². The molecule has 5 nitrogen and oxygen atoms in total. The number of carbonyl (C=O) groups is 1. The fourth-order valence-electron chi connectivity index (χ4n) is 2.89. The Hall–Kier alpha value is -1.14. The van der Waals surface area contributed by atoms with Gasteiger partial charge in [0, 0.05) is 17.5 Å². The van der Waals surface area contributed by atoms with Gasteiger partial charge in [-0.25, -0.2) is 9.97 Å². The molecule has 6 heteroatoms. The number of thioether (sulfide) groups is 1. The summed E-state index contributed by atoms with van der Waals surface area (Å²) in [5, 5.41) is 4.86. The number of carbonyl (C=O) groups excluding carboxylic acids is 1. The first-order valence-corrected chi connectivity index (χ1v) is 8.06. The summed E-state index contributed by atoms with van der Waals surface area (Å²) >= 11 is 1.73. The minimum Gasteiger partial charge on any atom is -0.368 e. The molecule has 1 aromatic rings. The van der Waals surface area contributed by atoms with Crippen molar-refractivity contribution in [2.45, 2.75) is 60.4 Å². The lowest BCUT2D eigenvalue weighted by atomic mass is 9.80. The van der Waals surface area contributed by atoms with Crippen molar-refractivity contribution in [3.63, 3.8) is 0 Å². The van der Waals surface area contributed by atoms with Gasteiger partial charge >= 0.3 is 0 Å². The molecule has 0 aliphatic heterocycles. The number of nitrogens with one attached hydrogen (secondary N) is 1. The quantitative estimate of drug-likeness (QED) is 0.804. The van der Waals surface area contributed by atoms with Crippen molar-refractivity contribution in [3.05, 3.63) is 18.6 Å². The van der Waals surface area contributed by atoms with Crippen molar-refractivity contribution in [2.24, 2.45) is 5.73 Å². The number of hydrogen-bond acceptors (Lipinski definition) is 5. The van der Waals surface area contributed by atoms with E-state index in [1.54, 1.807) is 24.3 Å². The molecule has 2 unspecified atom stereocenters. The Morgan fingerprint density at radius 3 is 2.95 bits per heavy atom. The molecule has 0 radical (unpaired) electrons. The molecule has 3 N–H and O–H groups in total. The van der Waals surface area contributed by atoms with Gasteiger partial charge in [0.05, 0.1) is 10.6 Å². The normalized spacial score (nSPS) is 30.1. The third-order valence-electron chi connectivity index (χ3n) is 4.08. The molecular weight excluding hydrogens is 272 g/mol. The van der Waals surface area contributed by atoms with E-state index < -0.39 is 5.54 Å². The third kappa shape index (κ3) is 3.12. The van der Waals surface area contributed by atoms with E-state index in [1.165, 1.54) is 12.8 Å². The molecule has 108 valence electrons. The largest absolute Gasteiger partial charge is 0.368 e. The average Bonchev–Trinajstić information content (AvgIpc) is 3.24. The van der Waals surface area contributed by atoms with Gasteiger partial charge in [-0.15, -0.1) is 11.8 Å². The second-order valence-electron chi connectivity index (χ2n) is 5.75. The number of aromatic nitrogens is 2.